The smallest absolute Gasteiger partial charge is 0.245 e. The SMILES string of the molecule is CCCCCCCCCCCCCC(=O)N(CC(=O)Nc1cc(C)on1)CC1CCCO1. The Bertz CT molecular complexity index is 655. The van der Waals surface area contributed by atoms with Gasteiger partial charge in [-0.1, -0.05) is 76.3 Å². The van der Waals surface area contributed by atoms with E-state index in [4.69, 9.17) is 9.26 Å². The van der Waals surface area contributed by atoms with E-state index in [1.165, 1.54) is 57.8 Å². The maximum Gasteiger partial charge on any atom is 0.245 e. The molecule has 1 fully saturated rings. The van der Waals surface area contributed by atoms with Crippen LogP contribution in [0.25, 0.3) is 0 Å². The minimum atomic E-state index is -0.261. The standard InChI is InChI=1S/C25H43N3O4/c1-3-4-5-6-7-8-9-10-11-12-13-16-25(30)28(19-22-15-14-17-31-22)20-24(29)26-23-18-21(2)32-27-23/h18,22H,3-17,19-20H2,1-2H3,(H,26,27,29). The van der Waals surface area contributed by atoms with Crippen LogP contribution in [-0.2, 0) is 14.3 Å². The molecular weight excluding hydrogens is 406 g/mol. The molecule has 1 aromatic rings. The first-order valence-electron chi connectivity index (χ1n) is 12.7. The van der Waals surface area contributed by atoms with Gasteiger partial charge >= 0.3 is 0 Å². The topological polar surface area (TPSA) is 84.7 Å². The number of anilines is 1. The first kappa shape index (κ1) is 26.4. The lowest BCUT2D eigenvalue weighted by Gasteiger charge is -2.25. The van der Waals surface area contributed by atoms with Crippen molar-refractivity contribution in [1.82, 2.24) is 10.1 Å². The zero-order valence-electron chi connectivity index (χ0n) is 20.2. The van der Waals surface area contributed by atoms with Gasteiger partial charge < -0.3 is 19.5 Å². The molecular formula is C25H43N3O4. The zero-order chi connectivity index (χ0) is 23.0. The van der Waals surface area contributed by atoms with E-state index in [0.717, 1.165) is 32.3 Å². The molecule has 7 nitrogen and oxygen atoms in total. The molecule has 2 amide bonds. The number of carbonyl (C=O) groups excluding carboxylic acids is 2. The highest BCUT2D eigenvalue weighted by atomic mass is 16.5. The van der Waals surface area contributed by atoms with Crippen molar-refractivity contribution in [2.45, 2.75) is 110 Å². The van der Waals surface area contributed by atoms with E-state index in [1.807, 2.05) is 0 Å². The Labute approximate surface area is 193 Å². The molecule has 0 bridgehead atoms. The van der Waals surface area contributed by atoms with Crippen LogP contribution in [0.3, 0.4) is 0 Å². The first-order chi connectivity index (χ1) is 15.6. The van der Waals surface area contributed by atoms with Crippen molar-refractivity contribution in [3.05, 3.63) is 11.8 Å². The number of ether oxygens (including phenoxy) is 1. The number of aryl methyl sites for hydroxylation is 1. The van der Waals surface area contributed by atoms with Crippen molar-refractivity contribution in [3.8, 4) is 0 Å². The van der Waals surface area contributed by atoms with Crippen molar-refractivity contribution in [2.75, 3.05) is 25.0 Å². The van der Waals surface area contributed by atoms with Crippen molar-refractivity contribution < 1.29 is 18.8 Å². The molecule has 1 N–H and O–H groups in total. The Morgan fingerprint density at radius 3 is 2.28 bits per heavy atom. The summed E-state index contributed by atoms with van der Waals surface area (Å²) in [4.78, 5) is 26.9. The molecule has 1 aliphatic rings. The van der Waals surface area contributed by atoms with Crippen LogP contribution in [0, 0.1) is 6.92 Å². The third kappa shape index (κ3) is 11.1. The summed E-state index contributed by atoms with van der Waals surface area (Å²) in [5.74, 6) is 0.776. The molecule has 1 unspecified atom stereocenters. The summed E-state index contributed by atoms with van der Waals surface area (Å²) in [6, 6.07) is 1.66. The van der Waals surface area contributed by atoms with E-state index in [2.05, 4.69) is 17.4 Å². The average molecular weight is 450 g/mol. The van der Waals surface area contributed by atoms with Gasteiger partial charge in [-0.3, -0.25) is 9.59 Å². The van der Waals surface area contributed by atoms with Crippen LogP contribution in [0.15, 0.2) is 10.6 Å². The van der Waals surface area contributed by atoms with Gasteiger partial charge in [0.15, 0.2) is 5.82 Å². The largest absolute Gasteiger partial charge is 0.376 e. The highest BCUT2D eigenvalue weighted by Gasteiger charge is 2.24. The second-order valence-electron chi connectivity index (χ2n) is 9.07. The predicted octanol–water partition coefficient (Wildman–Crippen LogP) is 5.63. The van der Waals surface area contributed by atoms with Gasteiger partial charge in [0, 0.05) is 25.6 Å². The monoisotopic (exact) mass is 449 g/mol. The molecule has 0 saturated carbocycles. The van der Waals surface area contributed by atoms with Gasteiger partial charge in [0.1, 0.15) is 5.76 Å². The third-order valence-corrected chi connectivity index (χ3v) is 6.02. The highest BCUT2D eigenvalue weighted by molar-refractivity contribution is 5.93. The maximum absolute atomic E-state index is 12.8. The lowest BCUT2D eigenvalue weighted by Crippen LogP contribution is -2.42. The van der Waals surface area contributed by atoms with Crippen LogP contribution in [-0.4, -0.2) is 47.7 Å². The van der Waals surface area contributed by atoms with Crippen LogP contribution < -0.4 is 5.32 Å². The fourth-order valence-corrected chi connectivity index (χ4v) is 4.17. The molecule has 1 atom stereocenters. The number of hydrogen-bond donors (Lipinski definition) is 1. The molecule has 0 radical (unpaired) electrons. The average Bonchev–Trinajstić information content (AvgIpc) is 3.43. The van der Waals surface area contributed by atoms with Gasteiger partial charge in [-0.2, -0.15) is 0 Å². The third-order valence-electron chi connectivity index (χ3n) is 6.02. The molecule has 0 aromatic carbocycles. The van der Waals surface area contributed by atoms with Gasteiger partial charge in [-0.05, 0) is 26.2 Å². The van der Waals surface area contributed by atoms with Gasteiger partial charge in [0.05, 0.1) is 12.6 Å². The summed E-state index contributed by atoms with van der Waals surface area (Å²) in [6.07, 6.45) is 16.2. The van der Waals surface area contributed by atoms with Gasteiger partial charge in [-0.25, -0.2) is 0 Å². The Hall–Kier alpha value is -1.89. The van der Waals surface area contributed by atoms with Crippen molar-refractivity contribution in [1.29, 1.82) is 0 Å². The lowest BCUT2D eigenvalue weighted by molar-refractivity contribution is -0.136. The maximum atomic E-state index is 12.8. The number of rotatable bonds is 17. The molecule has 0 aliphatic carbocycles. The van der Waals surface area contributed by atoms with E-state index in [1.54, 1.807) is 17.9 Å². The summed E-state index contributed by atoms with van der Waals surface area (Å²) in [6.45, 7) is 5.24. The molecule has 1 aromatic heterocycles. The number of nitrogens with zero attached hydrogens (tertiary/aromatic N) is 2. The molecule has 32 heavy (non-hydrogen) atoms. The summed E-state index contributed by atoms with van der Waals surface area (Å²) in [5.41, 5.74) is 0. The van der Waals surface area contributed by atoms with Gasteiger partial charge in [0.25, 0.3) is 0 Å². The molecule has 2 heterocycles. The zero-order valence-corrected chi connectivity index (χ0v) is 20.2. The molecule has 1 saturated heterocycles. The van der Waals surface area contributed by atoms with E-state index in [9.17, 15) is 9.59 Å². The van der Waals surface area contributed by atoms with Crippen LogP contribution in [0.5, 0.6) is 0 Å². The number of amides is 2. The summed E-state index contributed by atoms with van der Waals surface area (Å²) < 4.78 is 10.7. The molecule has 2 rings (SSSR count). The van der Waals surface area contributed by atoms with Crippen LogP contribution in [0.2, 0.25) is 0 Å². The van der Waals surface area contributed by atoms with E-state index < -0.39 is 0 Å². The van der Waals surface area contributed by atoms with Crippen molar-refractivity contribution >= 4 is 17.6 Å². The number of carbonyl (C=O) groups is 2. The summed E-state index contributed by atoms with van der Waals surface area (Å²) in [7, 11) is 0. The normalized spacial score (nSPS) is 15.8. The highest BCUT2D eigenvalue weighted by Crippen LogP contribution is 2.16. The lowest BCUT2D eigenvalue weighted by atomic mass is 10.0. The molecule has 182 valence electrons. The van der Waals surface area contributed by atoms with E-state index in [0.29, 0.717) is 24.5 Å². The van der Waals surface area contributed by atoms with Crippen molar-refractivity contribution in [3.63, 3.8) is 0 Å². The second kappa shape index (κ2) is 15.8. The Morgan fingerprint density at radius 1 is 1.06 bits per heavy atom. The summed E-state index contributed by atoms with van der Waals surface area (Å²) >= 11 is 0. The van der Waals surface area contributed by atoms with Crippen LogP contribution in [0.4, 0.5) is 5.82 Å². The van der Waals surface area contributed by atoms with Crippen LogP contribution >= 0.6 is 0 Å². The second-order valence-corrected chi connectivity index (χ2v) is 9.07. The minimum absolute atomic E-state index is 0.0165. The van der Waals surface area contributed by atoms with Crippen molar-refractivity contribution in [2.24, 2.45) is 0 Å². The number of hydrogen-bond acceptors (Lipinski definition) is 5. The number of nitrogens with one attached hydrogen (secondary N) is 1. The van der Waals surface area contributed by atoms with Gasteiger partial charge in [-0.15, -0.1) is 0 Å². The van der Waals surface area contributed by atoms with E-state index >= 15 is 0 Å². The molecule has 7 heteroatoms. The quantitative estimate of drug-likeness (QED) is 0.312. The molecule has 0 spiro atoms. The number of unbranched alkanes of at least 4 members (excludes halogenated alkanes) is 10. The predicted molar refractivity (Wildman–Crippen MR) is 127 cm³/mol. The fraction of sp³-hybridized carbons (Fsp3) is 0.800. The van der Waals surface area contributed by atoms with Crippen LogP contribution in [0.1, 0.15) is 103 Å². The Balaban J connectivity index is 1.64. The fourth-order valence-electron chi connectivity index (χ4n) is 4.17. The number of aromatic nitrogens is 1. The Kier molecular flexibility index (Phi) is 13.0. The minimum Gasteiger partial charge on any atom is -0.376 e. The van der Waals surface area contributed by atoms with E-state index in [-0.39, 0.29) is 24.5 Å². The summed E-state index contributed by atoms with van der Waals surface area (Å²) in [5, 5.41) is 6.49. The Morgan fingerprint density at radius 2 is 1.72 bits per heavy atom. The van der Waals surface area contributed by atoms with Gasteiger partial charge in [0.2, 0.25) is 11.8 Å². The molecule has 1 aliphatic heterocycles. The first-order valence-corrected chi connectivity index (χ1v) is 12.7.